The number of fused-ring (bicyclic) bond motifs is 1. The third-order valence-electron chi connectivity index (χ3n) is 4.02. The van der Waals surface area contributed by atoms with Gasteiger partial charge in [-0.15, -0.1) is 12.4 Å². The summed E-state index contributed by atoms with van der Waals surface area (Å²) in [4.78, 5) is 7.03. The van der Waals surface area contributed by atoms with E-state index in [9.17, 15) is 0 Å². The van der Waals surface area contributed by atoms with E-state index in [4.69, 9.17) is 11.6 Å². The van der Waals surface area contributed by atoms with Crippen molar-refractivity contribution in [1.29, 1.82) is 0 Å². The van der Waals surface area contributed by atoms with E-state index in [1.165, 1.54) is 5.56 Å². The predicted molar refractivity (Wildman–Crippen MR) is 91.3 cm³/mol. The Kier molecular flexibility index (Phi) is 5.44. The Morgan fingerprint density at radius 2 is 2.19 bits per heavy atom. The zero-order valence-corrected chi connectivity index (χ0v) is 13.9. The van der Waals surface area contributed by atoms with Gasteiger partial charge >= 0.3 is 0 Å². The van der Waals surface area contributed by atoms with E-state index >= 15 is 0 Å². The number of nitrogens with zero attached hydrogens (tertiary/aromatic N) is 2. The maximum absolute atomic E-state index is 6.25. The van der Waals surface area contributed by atoms with Gasteiger partial charge in [-0.1, -0.05) is 17.7 Å². The molecule has 1 N–H and O–H groups in total. The minimum Gasteiger partial charge on any atom is -0.311 e. The number of pyridine rings is 1. The summed E-state index contributed by atoms with van der Waals surface area (Å²) < 4.78 is 0. The average Bonchev–Trinajstić information content (AvgIpc) is 2.43. The molecule has 2 heterocycles. The third-order valence-corrected chi connectivity index (χ3v) is 4.23. The van der Waals surface area contributed by atoms with E-state index in [0.29, 0.717) is 12.1 Å². The lowest BCUT2D eigenvalue weighted by molar-refractivity contribution is 0.139. The first-order valence-electron chi connectivity index (χ1n) is 7.14. The molecule has 1 aliphatic heterocycles. The molecule has 1 fully saturated rings. The van der Waals surface area contributed by atoms with Crippen molar-refractivity contribution in [3.05, 3.63) is 41.0 Å². The highest BCUT2D eigenvalue weighted by atomic mass is 35.5. The molecule has 1 aromatic carbocycles. The average molecular weight is 326 g/mol. The summed E-state index contributed by atoms with van der Waals surface area (Å²) in [5.74, 6) is 0. The molecule has 0 amide bonds. The van der Waals surface area contributed by atoms with Crippen LogP contribution in [0.1, 0.15) is 19.4 Å². The second kappa shape index (κ2) is 6.93. The van der Waals surface area contributed by atoms with E-state index in [-0.39, 0.29) is 12.4 Å². The van der Waals surface area contributed by atoms with Gasteiger partial charge in [0, 0.05) is 48.3 Å². The van der Waals surface area contributed by atoms with E-state index in [1.807, 2.05) is 18.3 Å². The summed E-state index contributed by atoms with van der Waals surface area (Å²) in [6, 6.07) is 9.13. The molecule has 0 radical (unpaired) electrons. The molecular weight excluding hydrogens is 305 g/mol. The number of benzene rings is 1. The van der Waals surface area contributed by atoms with E-state index in [2.05, 4.69) is 41.2 Å². The molecule has 1 saturated heterocycles. The summed E-state index contributed by atoms with van der Waals surface area (Å²) in [5, 5.41) is 5.42. The molecule has 0 bridgehead atoms. The first kappa shape index (κ1) is 16.5. The van der Waals surface area contributed by atoms with Crippen molar-refractivity contribution in [2.45, 2.75) is 32.5 Å². The van der Waals surface area contributed by atoms with Gasteiger partial charge in [0.05, 0.1) is 5.52 Å². The molecule has 1 aliphatic rings. The van der Waals surface area contributed by atoms with Crippen LogP contribution >= 0.6 is 24.0 Å². The van der Waals surface area contributed by atoms with E-state index in [1.54, 1.807) is 0 Å². The van der Waals surface area contributed by atoms with Gasteiger partial charge in [-0.2, -0.15) is 0 Å². The van der Waals surface area contributed by atoms with Gasteiger partial charge in [-0.3, -0.25) is 9.88 Å². The molecule has 21 heavy (non-hydrogen) atoms. The van der Waals surface area contributed by atoms with Crippen LogP contribution in [-0.4, -0.2) is 35.1 Å². The summed E-state index contributed by atoms with van der Waals surface area (Å²) in [6.45, 7) is 7.49. The highest BCUT2D eigenvalue weighted by Gasteiger charge is 2.23. The Morgan fingerprint density at radius 1 is 1.38 bits per heavy atom. The molecule has 5 heteroatoms. The maximum atomic E-state index is 6.25. The highest BCUT2D eigenvalue weighted by Crippen LogP contribution is 2.24. The van der Waals surface area contributed by atoms with Crippen LogP contribution in [0.2, 0.25) is 5.02 Å². The van der Waals surface area contributed by atoms with Crippen molar-refractivity contribution in [3.8, 4) is 0 Å². The smallest absolute Gasteiger partial charge is 0.0747 e. The van der Waals surface area contributed by atoms with Crippen LogP contribution in [0.4, 0.5) is 0 Å². The second-order valence-electron chi connectivity index (χ2n) is 5.73. The molecule has 114 valence electrons. The normalized spacial score (nSPS) is 23.0. The minimum atomic E-state index is 0. The summed E-state index contributed by atoms with van der Waals surface area (Å²) >= 11 is 6.25. The van der Waals surface area contributed by atoms with Crippen LogP contribution in [0, 0.1) is 0 Å². The second-order valence-corrected chi connectivity index (χ2v) is 6.16. The van der Waals surface area contributed by atoms with Crippen LogP contribution in [0.5, 0.6) is 0 Å². The fraction of sp³-hybridized carbons (Fsp3) is 0.438. The lowest BCUT2D eigenvalue weighted by atomic mass is 10.1. The van der Waals surface area contributed by atoms with Crippen LogP contribution < -0.4 is 5.32 Å². The number of halogens is 2. The van der Waals surface area contributed by atoms with E-state index < -0.39 is 0 Å². The van der Waals surface area contributed by atoms with Crippen molar-refractivity contribution < 1.29 is 0 Å². The van der Waals surface area contributed by atoms with Crippen molar-refractivity contribution in [2.24, 2.45) is 0 Å². The summed E-state index contributed by atoms with van der Waals surface area (Å²) in [7, 11) is 0. The van der Waals surface area contributed by atoms with Gasteiger partial charge in [-0.05, 0) is 37.6 Å². The number of hydrogen-bond donors (Lipinski definition) is 1. The predicted octanol–water partition coefficient (Wildman–Crippen LogP) is 3.49. The molecule has 1 aromatic heterocycles. The lowest BCUT2D eigenvalue weighted by Crippen LogP contribution is -2.53. The monoisotopic (exact) mass is 325 g/mol. The summed E-state index contributed by atoms with van der Waals surface area (Å²) in [6.07, 6.45) is 1.85. The molecule has 2 unspecified atom stereocenters. The van der Waals surface area contributed by atoms with Crippen LogP contribution in [0.25, 0.3) is 10.9 Å². The highest BCUT2D eigenvalue weighted by molar-refractivity contribution is 6.31. The Morgan fingerprint density at radius 3 is 3.00 bits per heavy atom. The largest absolute Gasteiger partial charge is 0.311 e. The minimum absolute atomic E-state index is 0. The Balaban J connectivity index is 0.00000161. The maximum Gasteiger partial charge on any atom is 0.0747 e. The van der Waals surface area contributed by atoms with Gasteiger partial charge in [-0.25, -0.2) is 0 Å². The lowest BCUT2D eigenvalue weighted by Gasteiger charge is -2.37. The standard InChI is InChI=1S/C16H20ClN3.ClH/c1-11-9-20(12(2)8-19-11)10-14-7-15(17)6-13-4-3-5-18-16(13)14;/h3-7,11-12,19H,8-10H2,1-2H3;1H. The molecule has 2 aromatic rings. The third kappa shape index (κ3) is 3.67. The summed E-state index contributed by atoms with van der Waals surface area (Å²) in [5.41, 5.74) is 2.28. The zero-order valence-electron chi connectivity index (χ0n) is 12.3. The van der Waals surface area contributed by atoms with Gasteiger partial charge in [0.1, 0.15) is 0 Å². The van der Waals surface area contributed by atoms with Gasteiger partial charge in [0.25, 0.3) is 0 Å². The van der Waals surface area contributed by atoms with E-state index in [0.717, 1.165) is 35.6 Å². The molecule has 0 saturated carbocycles. The Labute approximate surface area is 137 Å². The molecule has 2 atom stereocenters. The Bertz CT molecular complexity index is 617. The SMILES string of the molecule is CC1CN(Cc2cc(Cl)cc3cccnc23)C(C)CN1.Cl. The number of aromatic nitrogens is 1. The fourth-order valence-electron chi connectivity index (χ4n) is 2.88. The van der Waals surface area contributed by atoms with Gasteiger partial charge < -0.3 is 5.32 Å². The molecule has 3 nitrogen and oxygen atoms in total. The topological polar surface area (TPSA) is 28.2 Å². The van der Waals surface area contributed by atoms with Gasteiger partial charge in [0.2, 0.25) is 0 Å². The molecule has 0 aliphatic carbocycles. The van der Waals surface area contributed by atoms with Crippen LogP contribution in [-0.2, 0) is 6.54 Å². The van der Waals surface area contributed by atoms with Crippen molar-refractivity contribution in [2.75, 3.05) is 13.1 Å². The zero-order chi connectivity index (χ0) is 14.1. The Hall–Kier alpha value is -0.870. The number of rotatable bonds is 2. The fourth-order valence-corrected chi connectivity index (χ4v) is 3.13. The van der Waals surface area contributed by atoms with Crippen LogP contribution in [0.3, 0.4) is 0 Å². The van der Waals surface area contributed by atoms with Crippen molar-refractivity contribution >= 4 is 34.9 Å². The first-order chi connectivity index (χ1) is 9.63. The number of nitrogens with one attached hydrogen (secondary N) is 1. The molecule has 3 rings (SSSR count). The molecule has 0 spiro atoms. The van der Waals surface area contributed by atoms with Crippen molar-refractivity contribution in [1.82, 2.24) is 15.2 Å². The molecular formula is C16H21Cl2N3. The number of hydrogen-bond acceptors (Lipinski definition) is 3. The van der Waals surface area contributed by atoms with Gasteiger partial charge in [0.15, 0.2) is 0 Å². The number of piperazine rings is 1. The quantitative estimate of drug-likeness (QED) is 0.916. The first-order valence-corrected chi connectivity index (χ1v) is 7.52. The van der Waals surface area contributed by atoms with Crippen LogP contribution in [0.15, 0.2) is 30.5 Å². The van der Waals surface area contributed by atoms with Crippen molar-refractivity contribution in [3.63, 3.8) is 0 Å².